The van der Waals surface area contributed by atoms with E-state index in [1.54, 1.807) is 48.5 Å². The maximum absolute atomic E-state index is 14.7. The van der Waals surface area contributed by atoms with Gasteiger partial charge in [-0.15, -0.1) is 0 Å². The molecule has 0 unspecified atom stereocenters. The van der Waals surface area contributed by atoms with E-state index in [1.807, 2.05) is 71.6 Å². The lowest BCUT2D eigenvalue weighted by Crippen LogP contribution is -2.48. The van der Waals surface area contributed by atoms with Crippen LogP contribution in [0.15, 0.2) is 109 Å². The van der Waals surface area contributed by atoms with Crippen LogP contribution in [0.4, 0.5) is 5.69 Å². The van der Waals surface area contributed by atoms with E-state index in [2.05, 4.69) is 0 Å². The lowest BCUT2D eigenvalue weighted by Gasteiger charge is -2.37. The van der Waals surface area contributed by atoms with Crippen LogP contribution in [-0.4, -0.2) is 35.4 Å². The van der Waals surface area contributed by atoms with Gasteiger partial charge in [-0.05, 0) is 41.5 Å². The minimum absolute atomic E-state index is 0.225. The van der Waals surface area contributed by atoms with E-state index in [0.717, 1.165) is 16.8 Å². The molecule has 1 aliphatic carbocycles. The van der Waals surface area contributed by atoms with Crippen LogP contribution in [0.1, 0.15) is 55.0 Å². The SMILES string of the molecule is CC(=O)Oc1ccc(C(=O)[C@@H]2[C@H](c3ccccc3)C3(C(=O)c4ccccc4C3=O)[C@@H]3C=Cc4ccccc4N23)cc1. The van der Waals surface area contributed by atoms with E-state index in [9.17, 15) is 19.2 Å². The fourth-order valence-electron chi connectivity index (χ4n) is 6.97. The summed E-state index contributed by atoms with van der Waals surface area (Å²) in [7, 11) is 0. The van der Waals surface area contributed by atoms with Crippen LogP contribution >= 0.6 is 0 Å². The summed E-state index contributed by atoms with van der Waals surface area (Å²) in [5.74, 6) is -1.63. The minimum atomic E-state index is -1.53. The molecule has 2 heterocycles. The van der Waals surface area contributed by atoms with Gasteiger partial charge >= 0.3 is 5.97 Å². The maximum atomic E-state index is 14.7. The van der Waals surface area contributed by atoms with Gasteiger partial charge in [0, 0.05) is 35.2 Å². The number of carbonyl (C=O) groups is 4. The van der Waals surface area contributed by atoms with Gasteiger partial charge in [0.05, 0.1) is 6.04 Å². The predicted octanol–water partition coefficient (Wildman–Crippen LogP) is 5.93. The molecule has 6 nitrogen and oxygen atoms in total. The lowest BCUT2D eigenvalue weighted by atomic mass is 9.64. The molecule has 0 aromatic heterocycles. The average molecular weight is 540 g/mol. The Morgan fingerprint density at radius 3 is 2.02 bits per heavy atom. The van der Waals surface area contributed by atoms with Gasteiger partial charge in [0.25, 0.3) is 0 Å². The van der Waals surface area contributed by atoms with E-state index in [-0.39, 0.29) is 17.3 Å². The quantitative estimate of drug-likeness (QED) is 0.138. The zero-order valence-electron chi connectivity index (χ0n) is 22.2. The van der Waals surface area contributed by atoms with Crippen molar-refractivity contribution in [2.45, 2.75) is 24.9 Å². The second kappa shape index (κ2) is 9.24. The van der Waals surface area contributed by atoms with E-state index in [1.165, 1.54) is 6.92 Å². The number of ketones is 3. The third-order valence-corrected chi connectivity index (χ3v) is 8.54. The number of para-hydroxylation sites is 1. The molecule has 4 aromatic carbocycles. The Bertz CT molecular complexity index is 1740. The van der Waals surface area contributed by atoms with Crippen molar-refractivity contribution in [1.82, 2.24) is 0 Å². The first-order chi connectivity index (χ1) is 19.9. The number of nitrogens with zero attached hydrogens (tertiary/aromatic N) is 1. The zero-order chi connectivity index (χ0) is 28.3. The number of hydrogen-bond acceptors (Lipinski definition) is 6. The van der Waals surface area contributed by atoms with Crippen LogP contribution in [0.2, 0.25) is 0 Å². The zero-order valence-corrected chi connectivity index (χ0v) is 22.2. The summed E-state index contributed by atoms with van der Waals surface area (Å²) in [5.41, 5.74) is 2.10. The van der Waals surface area contributed by atoms with Crippen molar-refractivity contribution in [3.8, 4) is 5.75 Å². The van der Waals surface area contributed by atoms with Crippen molar-refractivity contribution in [2.24, 2.45) is 5.41 Å². The van der Waals surface area contributed by atoms with Gasteiger partial charge in [-0.2, -0.15) is 0 Å². The highest BCUT2D eigenvalue weighted by atomic mass is 16.5. The number of benzene rings is 4. The number of ether oxygens (including phenoxy) is 1. The first-order valence-corrected chi connectivity index (χ1v) is 13.5. The Labute approximate surface area is 236 Å². The standard InChI is InChI=1S/C35H25NO5/c1-21(37)41-25-18-15-24(16-19-25)32(38)31-30(23-10-3-2-4-11-23)35(33(39)26-12-6-7-13-27(26)34(35)40)29-20-17-22-9-5-8-14-28(22)36(29)31/h2-20,29-31H,1H3/t29-,30-,31-/m0/s1. The summed E-state index contributed by atoms with van der Waals surface area (Å²) in [6.45, 7) is 1.32. The van der Waals surface area contributed by atoms with Crippen LogP contribution in [0, 0.1) is 5.41 Å². The minimum Gasteiger partial charge on any atom is -0.427 e. The lowest BCUT2D eigenvalue weighted by molar-refractivity contribution is -0.131. The molecule has 0 radical (unpaired) electrons. The highest BCUT2D eigenvalue weighted by molar-refractivity contribution is 6.32. The van der Waals surface area contributed by atoms with Crippen molar-refractivity contribution in [3.05, 3.63) is 137 Å². The number of rotatable bonds is 4. The molecule has 3 aliphatic rings. The van der Waals surface area contributed by atoms with Gasteiger partial charge in [-0.25, -0.2) is 0 Å². The maximum Gasteiger partial charge on any atom is 0.308 e. The Hall–Kier alpha value is -5.10. The number of esters is 1. The highest BCUT2D eigenvalue weighted by Crippen LogP contribution is 2.60. The number of carbonyl (C=O) groups excluding carboxylic acids is 4. The molecule has 6 heteroatoms. The molecule has 1 fully saturated rings. The second-order valence-corrected chi connectivity index (χ2v) is 10.7. The number of fused-ring (bicyclic) bond motifs is 5. The highest BCUT2D eigenvalue weighted by Gasteiger charge is 2.71. The van der Waals surface area contributed by atoms with E-state index in [0.29, 0.717) is 22.4 Å². The molecule has 2 aliphatic heterocycles. The fourth-order valence-corrected chi connectivity index (χ4v) is 6.97. The van der Waals surface area contributed by atoms with Crippen LogP contribution in [-0.2, 0) is 4.79 Å². The van der Waals surface area contributed by atoms with Gasteiger partial charge < -0.3 is 9.64 Å². The van der Waals surface area contributed by atoms with Gasteiger partial charge in [-0.1, -0.05) is 84.9 Å². The molecule has 1 saturated heterocycles. The number of hydrogen-bond donors (Lipinski definition) is 0. The third kappa shape index (κ3) is 3.50. The van der Waals surface area contributed by atoms with Crippen molar-refractivity contribution >= 4 is 35.1 Å². The van der Waals surface area contributed by atoms with Crippen molar-refractivity contribution < 1.29 is 23.9 Å². The Kier molecular flexibility index (Phi) is 5.61. The molecule has 0 saturated carbocycles. The molecule has 7 rings (SSSR count). The predicted molar refractivity (Wildman–Crippen MR) is 154 cm³/mol. The average Bonchev–Trinajstić information content (AvgIpc) is 3.43. The van der Waals surface area contributed by atoms with Crippen molar-refractivity contribution in [2.75, 3.05) is 4.90 Å². The normalized spacial score (nSPS) is 21.4. The van der Waals surface area contributed by atoms with Crippen LogP contribution in [0.5, 0.6) is 5.75 Å². The topological polar surface area (TPSA) is 80.8 Å². The molecule has 4 aromatic rings. The summed E-state index contributed by atoms with van der Waals surface area (Å²) in [6.07, 6.45) is 3.86. The summed E-state index contributed by atoms with van der Waals surface area (Å²) < 4.78 is 5.18. The van der Waals surface area contributed by atoms with Crippen LogP contribution < -0.4 is 9.64 Å². The summed E-state index contributed by atoms with van der Waals surface area (Å²) >= 11 is 0. The first kappa shape index (κ1) is 24.9. The van der Waals surface area contributed by atoms with Crippen LogP contribution in [0.25, 0.3) is 6.08 Å². The van der Waals surface area contributed by atoms with Crippen LogP contribution in [0.3, 0.4) is 0 Å². The smallest absolute Gasteiger partial charge is 0.308 e. The second-order valence-electron chi connectivity index (χ2n) is 10.7. The summed E-state index contributed by atoms with van der Waals surface area (Å²) in [4.78, 5) is 57.3. The molecule has 200 valence electrons. The van der Waals surface area contributed by atoms with E-state index in [4.69, 9.17) is 4.74 Å². The number of Topliss-reactive ketones (excluding diaryl/α,β-unsaturated/α-hetero) is 3. The molecular weight excluding hydrogens is 514 g/mol. The van der Waals surface area contributed by atoms with Gasteiger partial charge in [0.2, 0.25) is 0 Å². The number of anilines is 1. The largest absolute Gasteiger partial charge is 0.427 e. The Morgan fingerprint density at radius 2 is 1.37 bits per heavy atom. The molecular formula is C35H25NO5. The summed E-state index contributed by atoms with van der Waals surface area (Å²) in [5, 5.41) is 0. The monoisotopic (exact) mass is 539 g/mol. The van der Waals surface area contributed by atoms with Crippen molar-refractivity contribution in [1.29, 1.82) is 0 Å². The van der Waals surface area contributed by atoms with E-state index >= 15 is 0 Å². The van der Waals surface area contributed by atoms with Gasteiger partial charge in [-0.3, -0.25) is 19.2 Å². The van der Waals surface area contributed by atoms with Gasteiger partial charge in [0.1, 0.15) is 17.2 Å². The molecule has 3 atom stereocenters. The van der Waals surface area contributed by atoms with Crippen molar-refractivity contribution in [3.63, 3.8) is 0 Å². The molecule has 1 spiro atoms. The molecule has 0 N–H and O–H groups in total. The Balaban J connectivity index is 1.48. The fraction of sp³-hybridized carbons (Fsp3) is 0.143. The third-order valence-electron chi connectivity index (χ3n) is 8.54. The first-order valence-electron chi connectivity index (χ1n) is 13.5. The molecule has 41 heavy (non-hydrogen) atoms. The Morgan fingerprint density at radius 1 is 0.756 bits per heavy atom. The molecule has 0 amide bonds. The van der Waals surface area contributed by atoms with Gasteiger partial charge in [0.15, 0.2) is 17.3 Å². The molecule has 0 bridgehead atoms. The van der Waals surface area contributed by atoms with E-state index < -0.39 is 29.4 Å². The summed E-state index contributed by atoms with van der Waals surface area (Å²) in [6, 6.07) is 29.0.